The Morgan fingerprint density at radius 3 is 2.55 bits per heavy atom. The molecule has 6 nitrogen and oxygen atoms in total. The number of benzene rings is 1. The van der Waals surface area contributed by atoms with Crippen molar-refractivity contribution in [2.75, 3.05) is 19.8 Å². The third-order valence-electron chi connectivity index (χ3n) is 2.50. The normalized spacial score (nSPS) is 11.4. The fraction of sp³-hybridized carbons (Fsp3) is 0.417. The summed E-state index contributed by atoms with van der Waals surface area (Å²) < 4.78 is 32.8. The molecule has 1 aromatic rings. The highest BCUT2D eigenvalue weighted by molar-refractivity contribution is 7.89. The highest BCUT2D eigenvalue weighted by Gasteiger charge is 2.18. The Kier molecular flexibility index (Phi) is 5.94. The van der Waals surface area contributed by atoms with Gasteiger partial charge in [-0.3, -0.25) is 0 Å². The van der Waals surface area contributed by atoms with Crippen LogP contribution in [0, 0.1) is 6.92 Å². The predicted octanol–water partition coefficient (Wildman–Crippen LogP) is 1.49. The first-order chi connectivity index (χ1) is 9.27. The maximum atomic E-state index is 11.8. The summed E-state index contributed by atoms with van der Waals surface area (Å²) in [5.74, 6) is -0.684. The number of sulfonamides is 1. The summed E-state index contributed by atoms with van der Waals surface area (Å²) in [7, 11) is -3.96. The summed E-state index contributed by atoms with van der Waals surface area (Å²) in [6, 6.07) is 2.49. The van der Waals surface area contributed by atoms with Crippen LogP contribution in [-0.4, -0.2) is 34.2 Å². The fourth-order valence-electron chi connectivity index (χ4n) is 1.49. The van der Waals surface area contributed by atoms with Crippen molar-refractivity contribution in [3.05, 3.63) is 28.3 Å². The van der Waals surface area contributed by atoms with Crippen LogP contribution in [0.4, 0.5) is 0 Å². The lowest BCUT2D eigenvalue weighted by Crippen LogP contribution is -2.16. The van der Waals surface area contributed by atoms with Gasteiger partial charge >= 0.3 is 5.97 Å². The number of hydrogen-bond acceptors (Lipinski definition) is 5. The summed E-state index contributed by atoms with van der Waals surface area (Å²) in [5.41, 5.74) is 0.321. The quantitative estimate of drug-likeness (QED) is 0.632. The molecule has 8 heteroatoms. The number of primary sulfonamides is 1. The van der Waals surface area contributed by atoms with Crippen molar-refractivity contribution in [2.24, 2.45) is 5.14 Å². The Balaban J connectivity index is 2.97. The van der Waals surface area contributed by atoms with Gasteiger partial charge in [0.25, 0.3) is 0 Å². The SMILES string of the molecule is CCOCCOC(=O)c1cc(Cl)c(C)c(S(N)(=O)=O)c1. The van der Waals surface area contributed by atoms with Gasteiger partial charge in [-0.05, 0) is 31.5 Å². The molecule has 0 aliphatic carbocycles. The average Bonchev–Trinajstić information content (AvgIpc) is 2.36. The zero-order chi connectivity index (χ0) is 15.3. The van der Waals surface area contributed by atoms with E-state index in [9.17, 15) is 13.2 Å². The van der Waals surface area contributed by atoms with Crippen LogP contribution >= 0.6 is 11.6 Å². The molecule has 20 heavy (non-hydrogen) atoms. The number of hydrogen-bond donors (Lipinski definition) is 1. The summed E-state index contributed by atoms with van der Waals surface area (Å²) >= 11 is 5.90. The molecule has 0 bridgehead atoms. The average molecular weight is 322 g/mol. The van der Waals surface area contributed by atoms with E-state index in [1.807, 2.05) is 6.92 Å². The van der Waals surface area contributed by atoms with Gasteiger partial charge in [0.15, 0.2) is 0 Å². The maximum Gasteiger partial charge on any atom is 0.338 e. The van der Waals surface area contributed by atoms with E-state index in [1.54, 1.807) is 0 Å². The molecule has 0 saturated carbocycles. The van der Waals surface area contributed by atoms with E-state index >= 15 is 0 Å². The van der Waals surface area contributed by atoms with E-state index in [-0.39, 0.29) is 28.7 Å². The number of carbonyl (C=O) groups excluding carboxylic acids is 1. The Morgan fingerprint density at radius 1 is 1.35 bits per heavy atom. The third-order valence-corrected chi connectivity index (χ3v) is 3.93. The number of ether oxygens (including phenoxy) is 2. The Labute approximate surface area is 122 Å². The topological polar surface area (TPSA) is 95.7 Å². The highest BCUT2D eigenvalue weighted by atomic mass is 35.5. The van der Waals surface area contributed by atoms with Crippen LogP contribution in [0.3, 0.4) is 0 Å². The van der Waals surface area contributed by atoms with Crippen LogP contribution in [-0.2, 0) is 19.5 Å². The van der Waals surface area contributed by atoms with Gasteiger partial charge in [-0.1, -0.05) is 11.6 Å². The molecule has 0 atom stereocenters. The summed E-state index contributed by atoms with van der Waals surface area (Å²) in [6.07, 6.45) is 0. The van der Waals surface area contributed by atoms with Crippen LogP contribution in [0.25, 0.3) is 0 Å². The van der Waals surface area contributed by atoms with Crippen LogP contribution in [0.2, 0.25) is 5.02 Å². The lowest BCUT2D eigenvalue weighted by molar-refractivity contribution is 0.0335. The molecule has 0 saturated heterocycles. The van der Waals surface area contributed by atoms with Gasteiger partial charge in [-0.2, -0.15) is 0 Å². The number of carbonyl (C=O) groups is 1. The first-order valence-electron chi connectivity index (χ1n) is 5.85. The molecular weight excluding hydrogens is 306 g/mol. The molecule has 2 N–H and O–H groups in total. The second-order valence-corrected chi connectivity index (χ2v) is 5.90. The molecular formula is C12H16ClNO5S. The second kappa shape index (κ2) is 7.03. The van der Waals surface area contributed by atoms with Crippen molar-refractivity contribution in [2.45, 2.75) is 18.7 Å². The Hall–Kier alpha value is -1.15. The number of halogens is 1. The van der Waals surface area contributed by atoms with Crippen molar-refractivity contribution < 1.29 is 22.7 Å². The van der Waals surface area contributed by atoms with Gasteiger partial charge in [0.05, 0.1) is 17.1 Å². The van der Waals surface area contributed by atoms with E-state index in [1.165, 1.54) is 13.0 Å². The van der Waals surface area contributed by atoms with Gasteiger partial charge in [0, 0.05) is 11.6 Å². The lowest BCUT2D eigenvalue weighted by Gasteiger charge is -2.09. The van der Waals surface area contributed by atoms with Gasteiger partial charge in [0.1, 0.15) is 6.61 Å². The number of esters is 1. The smallest absolute Gasteiger partial charge is 0.338 e. The van der Waals surface area contributed by atoms with Crippen molar-refractivity contribution in [3.8, 4) is 0 Å². The molecule has 1 rings (SSSR count). The molecule has 0 aliphatic rings. The highest BCUT2D eigenvalue weighted by Crippen LogP contribution is 2.25. The van der Waals surface area contributed by atoms with Crippen LogP contribution in [0.15, 0.2) is 17.0 Å². The zero-order valence-electron chi connectivity index (χ0n) is 11.2. The van der Waals surface area contributed by atoms with E-state index in [4.69, 9.17) is 26.2 Å². The van der Waals surface area contributed by atoms with E-state index < -0.39 is 16.0 Å². The monoisotopic (exact) mass is 321 g/mol. The molecule has 1 aromatic carbocycles. The van der Waals surface area contributed by atoms with Crippen LogP contribution in [0.1, 0.15) is 22.8 Å². The fourth-order valence-corrected chi connectivity index (χ4v) is 2.59. The zero-order valence-corrected chi connectivity index (χ0v) is 12.8. The van der Waals surface area contributed by atoms with Crippen LogP contribution < -0.4 is 5.14 Å². The Bertz CT molecular complexity index is 600. The standard InChI is InChI=1S/C12H16ClNO5S/c1-3-18-4-5-19-12(15)9-6-10(13)8(2)11(7-9)20(14,16)17/h6-7H,3-5H2,1-2H3,(H2,14,16,17). The van der Waals surface area contributed by atoms with E-state index in [0.29, 0.717) is 12.2 Å². The molecule has 0 radical (unpaired) electrons. The molecule has 0 amide bonds. The molecule has 112 valence electrons. The van der Waals surface area contributed by atoms with E-state index in [0.717, 1.165) is 6.07 Å². The van der Waals surface area contributed by atoms with Gasteiger partial charge in [-0.15, -0.1) is 0 Å². The summed E-state index contributed by atoms with van der Waals surface area (Å²) in [4.78, 5) is 11.6. The first kappa shape index (κ1) is 16.9. The molecule has 0 aromatic heterocycles. The first-order valence-corrected chi connectivity index (χ1v) is 7.77. The molecule has 0 spiro atoms. The van der Waals surface area contributed by atoms with Crippen molar-refractivity contribution in [1.82, 2.24) is 0 Å². The molecule has 0 unspecified atom stereocenters. The van der Waals surface area contributed by atoms with E-state index in [2.05, 4.69) is 0 Å². The van der Waals surface area contributed by atoms with Crippen molar-refractivity contribution >= 4 is 27.6 Å². The molecule has 0 heterocycles. The Morgan fingerprint density at radius 2 is 2.00 bits per heavy atom. The predicted molar refractivity (Wildman–Crippen MR) is 74.3 cm³/mol. The second-order valence-electron chi connectivity index (χ2n) is 3.96. The lowest BCUT2D eigenvalue weighted by atomic mass is 10.1. The summed E-state index contributed by atoms with van der Waals surface area (Å²) in [6.45, 7) is 4.18. The third kappa shape index (κ3) is 4.45. The molecule has 0 aliphatic heterocycles. The van der Waals surface area contributed by atoms with Gasteiger partial charge in [0.2, 0.25) is 10.0 Å². The van der Waals surface area contributed by atoms with Gasteiger partial charge < -0.3 is 9.47 Å². The maximum absolute atomic E-state index is 11.8. The number of rotatable bonds is 6. The van der Waals surface area contributed by atoms with Crippen LogP contribution in [0.5, 0.6) is 0 Å². The van der Waals surface area contributed by atoms with Crippen molar-refractivity contribution in [1.29, 1.82) is 0 Å². The van der Waals surface area contributed by atoms with Crippen molar-refractivity contribution in [3.63, 3.8) is 0 Å². The minimum absolute atomic E-state index is 0.0288. The molecule has 0 fully saturated rings. The largest absolute Gasteiger partial charge is 0.460 e. The number of nitrogens with two attached hydrogens (primary N) is 1. The summed E-state index contributed by atoms with van der Waals surface area (Å²) in [5, 5.41) is 5.21. The van der Waals surface area contributed by atoms with Gasteiger partial charge in [-0.25, -0.2) is 18.4 Å². The minimum atomic E-state index is -3.96. The minimum Gasteiger partial charge on any atom is -0.460 e.